The van der Waals surface area contributed by atoms with Gasteiger partial charge in [-0.1, -0.05) is 96.2 Å². The summed E-state index contributed by atoms with van der Waals surface area (Å²) in [5.41, 5.74) is 3.75. The number of hydrogen-bond donors (Lipinski definition) is 1. The van der Waals surface area contributed by atoms with Crippen molar-refractivity contribution in [1.82, 2.24) is 15.3 Å². The van der Waals surface area contributed by atoms with Crippen molar-refractivity contribution in [3.05, 3.63) is 118 Å². The van der Waals surface area contributed by atoms with E-state index >= 15 is 0 Å². The summed E-state index contributed by atoms with van der Waals surface area (Å²) in [7, 11) is 0. The van der Waals surface area contributed by atoms with Gasteiger partial charge in [-0.25, -0.2) is 9.97 Å². The zero-order valence-electron chi connectivity index (χ0n) is 20.2. The Balaban J connectivity index is 1.24. The number of aromatic nitrogens is 2. The third-order valence-electron chi connectivity index (χ3n) is 6.12. The van der Waals surface area contributed by atoms with Crippen molar-refractivity contribution in [1.29, 1.82) is 0 Å². The number of amides is 1. The van der Waals surface area contributed by atoms with Crippen LogP contribution in [0.4, 0.5) is 5.82 Å². The van der Waals surface area contributed by atoms with Gasteiger partial charge in [-0.3, -0.25) is 4.79 Å². The first kappa shape index (κ1) is 25.3. The Labute approximate surface area is 226 Å². The minimum Gasteiger partial charge on any atom is -0.378 e. The van der Waals surface area contributed by atoms with E-state index in [0.29, 0.717) is 34.8 Å². The number of benzene rings is 3. The van der Waals surface area contributed by atoms with E-state index in [1.54, 1.807) is 6.07 Å². The molecule has 37 heavy (non-hydrogen) atoms. The maximum Gasteiger partial charge on any atom is 0.252 e. The highest BCUT2D eigenvalue weighted by Crippen LogP contribution is 2.26. The number of halogens is 1. The molecule has 0 spiro atoms. The number of thioether (sulfide) groups is 1. The predicted molar refractivity (Wildman–Crippen MR) is 148 cm³/mol. The highest BCUT2D eigenvalue weighted by molar-refractivity contribution is 7.98. The normalized spacial score (nSPS) is 13.5. The second kappa shape index (κ2) is 12.2. The molecule has 3 aromatic carbocycles. The van der Waals surface area contributed by atoms with Crippen LogP contribution in [-0.2, 0) is 10.5 Å². The highest BCUT2D eigenvalue weighted by atomic mass is 35.5. The van der Waals surface area contributed by atoms with Crippen LogP contribution < -0.4 is 10.2 Å². The zero-order chi connectivity index (χ0) is 25.5. The molecule has 6 nitrogen and oxygen atoms in total. The van der Waals surface area contributed by atoms with E-state index in [4.69, 9.17) is 16.3 Å². The lowest BCUT2D eigenvalue weighted by molar-refractivity contribution is 0.0943. The predicted octanol–water partition coefficient (Wildman–Crippen LogP) is 5.78. The third kappa shape index (κ3) is 6.68. The van der Waals surface area contributed by atoms with Crippen LogP contribution in [0.5, 0.6) is 0 Å². The number of rotatable bonds is 8. The molecule has 0 aliphatic carbocycles. The second-order valence-electron chi connectivity index (χ2n) is 8.64. The number of nitrogens with zero attached hydrogens (tertiary/aromatic N) is 3. The van der Waals surface area contributed by atoms with Crippen molar-refractivity contribution in [3.63, 3.8) is 0 Å². The van der Waals surface area contributed by atoms with Crippen molar-refractivity contribution in [3.8, 4) is 0 Å². The summed E-state index contributed by atoms with van der Waals surface area (Å²) in [4.78, 5) is 24.4. The zero-order valence-corrected chi connectivity index (χ0v) is 21.8. The van der Waals surface area contributed by atoms with Crippen LogP contribution >= 0.6 is 23.4 Å². The number of morpholine rings is 1. The molecule has 1 amide bonds. The fourth-order valence-electron chi connectivity index (χ4n) is 4.17. The maximum atomic E-state index is 13.2. The molecule has 1 N–H and O–H groups in total. The number of ether oxygens (including phenoxy) is 1. The van der Waals surface area contributed by atoms with Gasteiger partial charge in [0.25, 0.3) is 5.91 Å². The van der Waals surface area contributed by atoms with Gasteiger partial charge in [-0.2, -0.15) is 0 Å². The highest BCUT2D eigenvalue weighted by Gasteiger charge is 2.18. The summed E-state index contributed by atoms with van der Waals surface area (Å²) in [6.07, 6.45) is 0. The quantitative estimate of drug-likeness (QED) is 0.177. The van der Waals surface area contributed by atoms with Gasteiger partial charge in [0.15, 0.2) is 5.16 Å². The van der Waals surface area contributed by atoms with Crippen LogP contribution in [0, 0.1) is 0 Å². The van der Waals surface area contributed by atoms with Gasteiger partial charge in [0.2, 0.25) is 0 Å². The second-order valence-corrected chi connectivity index (χ2v) is 9.97. The maximum absolute atomic E-state index is 13.2. The number of carbonyl (C=O) groups is 1. The van der Waals surface area contributed by atoms with Gasteiger partial charge in [0.05, 0.1) is 19.3 Å². The van der Waals surface area contributed by atoms with Crippen LogP contribution in [0.25, 0.3) is 0 Å². The van der Waals surface area contributed by atoms with Crippen LogP contribution in [-0.4, -0.2) is 42.2 Å². The smallest absolute Gasteiger partial charge is 0.252 e. The van der Waals surface area contributed by atoms with Gasteiger partial charge < -0.3 is 15.0 Å². The lowest BCUT2D eigenvalue weighted by atomic mass is 9.98. The third-order valence-corrected chi connectivity index (χ3v) is 7.23. The summed E-state index contributed by atoms with van der Waals surface area (Å²) in [6, 6.07) is 29.2. The van der Waals surface area contributed by atoms with E-state index in [9.17, 15) is 4.79 Å². The molecular formula is C29H27ClN4O2S. The standard InChI is InChI=1S/C29H27ClN4O2S/c30-25-19-26(34-15-17-36-18-16-34)32-29(31-25)37-20-21-11-13-24(14-12-21)28(35)33-27(22-7-3-1-4-8-22)23-9-5-2-6-10-23/h1-14,19,27H,15-18,20H2,(H,33,35). The lowest BCUT2D eigenvalue weighted by Crippen LogP contribution is -2.36. The molecule has 0 unspecified atom stereocenters. The number of anilines is 1. The minimum atomic E-state index is -0.231. The van der Waals surface area contributed by atoms with E-state index < -0.39 is 0 Å². The van der Waals surface area contributed by atoms with Crippen molar-refractivity contribution >= 4 is 35.1 Å². The van der Waals surface area contributed by atoms with Crippen LogP contribution in [0.2, 0.25) is 5.15 Å². The van der Waals surface area contributed by atoms with Crippen LogP contribution in [0.1, 0.15) is 33.1 Å². The van der Waals surface area contributed by atoms with Crippen LogP contribution in [0.15, 0.2) is 96.2 Å². The molecule has 1 aromatic heterocycles. The van der Waals surface area contributed by atoms with E-state index in [0.717, 1.165) is 35.6 Å². The average Bonchev–Trinajstić information content (AvgIpc) is 2.96. The van der Waals surface area contributed by atoms with E-state index in [-0.39, 0.29) is 11.9 Å². The molecular weight excluding hydrogens is 504 g/mol. The molecule has 188 valence electrons. The molecule has 4 aromatic rings. The van der Waals surface area contributed by atoms with Crippen molar-refractivity contribution in [2.24, 2.45) is 0 Å². The molecule has 1 fully saturated rings. The molecule has 1 aliphatic rings. The summed E-state index contributed by atoms with van der Waals surface area (Å²) in [5.74, 6) is 1.37. The number of carbonyl (C=O) groups excluding carboxylic acids is 1. The molecule has 5 rings (SSSR count). The summed E-state index contributed by atoms with van der Waals surface area (Å²) >= 11 is 7.79. The van der Waals surface area contributed by atoms with E-state index in [1.165, 1.54) is 11.8 Å². The SMILES string of the molecule is O=C(NC(c1ccccc1)c1ccccc1)c1ccc(CSc2nc(Cl)cc(N3CCOCC3)n2)cc1. The Morgan fingerprint density at radius 1 is 0.919 bits per heavy atom. The van der Waals surface area contributed by atoms with Crippen molar-refractivity contribution in [2.75, 3.05) is 31.2 Å². The Hall–Kier alpha value is -3.39. The molecule has 0 radical (unpaired) electrons. The molecule has 2 heterocycles. The first-order valence-corrected chi connectivity index (χ1v) is 13.5. The molecule has 8 heteroatoms. The Bertz CT molecular complexity index is 1280. The molecule has 0 atom stereocenters. The largest absolute Gasteiger partial charge is 0.378 e. The monoisotopic (exact) mass is 530 g/mol. The van der Waals surface area contributed by atoms with Gasteiger partial charge >= 0.3 is 0 Å². The molecule has 1 saturated heterocycles. The molecule has 0 bridgehead atoms. The fourth-order valence-corrected chi connectivity index (χ4v) is 5.21. The number of nitrogens with one attached hydrogen (secondary N) is 1. The van der Waals surface area contributed by atoms with Crippen molar-refractivity contribution < 1.29 is 9.53 Å². The van der Waals surface area contributed by atoms with E-state index in [1.807, 2.05) is 84.9 Å². The first-order valence-electron chi connectivity index (χ1n) is 12.2. The van der Waals surface area contributed by atoms with Gasteiger partial charge in [-0.05, 0) is 28.8 Å². The topological polar surface area (TPSA) is 67.4 Å². The Morgan fingerprint density at radius 2 is 1.54 bits per heavy atom. The summed E-state index contributed by atoms with van der Waals surface area (Å²) in [6.45, 7) is 2.94. The van der Waals surface area contributed by atoms with Gasteiger partial charge in [-0.15, -0.1) is 0 Å². The average molecular weight is 531 g/mol. The Morgan fingerprint density at radius 3 is 2.16 bits per heavy atom. The first-order chi connectivity index (χ1) is 18.2. The van der Waals surface area contributed by atoms with Gasteiger partial charge in [0.1, 0.15) is 11.0 Å². The van der Waals surface area contributed by atoms with Crippen molar-refractivity contribution in [2.45, 2.75) is 17.0 Å². The minimum absolute atomic E-state index is 0.120. The fraction of sp³-hybridized carbons (Fsp3) is 0.207. The molecule has 1 aliphatic heterocycles. The Kier molecular flexibility index (Phi) is 8.35. The lowest BCUT2D eigenvalue weighted by Gasteiger charge is -2.27. The summed E-state index contributed by atoms with van der Waals surface area (Å²) in [5, 5.41) is 4.25. The van der Waals surface area contributed by atoms with E-state index in [2.05, 4.69) is 20.2 Å². The van der Waals surface area contributed by atoms with Gasteiger partial charge in [0, 0.05) is 30.5 Å². The van der Waals surface area contributed by atoms with Crippen LogP contribution in [0.3, 0.4) is 0 Å². The summed E-state index contributed by atoms with van der Waals surface area (Å²) < 4.78 is 5.43. The molecule has 0 saturated carbocycles. The number of hydrogen-bond acceptors (Lipinski definition) is 6.